The highest BCUT2D eigenvalue weighted by molar-refractivity contribution is 6.07. The summed E-state index contributed by atoms with van der Waals surface area (Å²) >= 11 is 0. The lowest BCUT2D eigenvalue weighted by molar-refractivity contribution is 0.0996. The normalized spacial score (nSPS) is 11.2. The zero-order chi connectivity index (χ0) is 16.8. The molecule has 2 heterocycles. The first kappa shape index (κ1) is 14.1. The second kappa shape index (κ2) is 5.02. The van der Waals surface area contributed by atoms with Crippen molar-refractivity contribution in [1.29, 1.82) is 0 Å². The molecule has 0 atom stereocenters. The van der Waals surface area contributed by atoms with Crippen LogP contribution in [0, 0.1) is 6.92 Å². The molecule has 0 aliphatic heterocycles. The monoisotopic (exact) mass is 318 g/mol. The number of aromatic amines is 1. The lowest BCUT2D eigenvalue weighted by Gasteiger charge is -2.11. The van der Waals surface area contributed by atoms with E-state index in [4.69, 9.17) is 11.5 Å². The first-order chi connectivity index (χ1) is 11.6. The van der Waals surface area contributed by atoms with E-state index >= 15 is 0 Å². The second-order valence-electron chi connectivity index (χ2n) is 5.65. The highest BCUT2D eigenvalue weighted by atomic mass is 16.1. The Morgan fingerprint density at radius 2 is 2.00 bits per heavy atom. The predicted octanol–water partition coefficient (Wildman–Crippen LogP) is 2.16. The summed E-state index contributed by atoms with van der Waals surface area (Å²) < 4.78 is 0. The third-order valence-corrected chi connectivity index (χ3v) is 4.14. The van der Waals surface area contributed by atoms with Crippen molar-refractivity contribution < 1.29 is 4.79 Å². The van der Waals surface area contributed by atoms with Crippen LogP contribution in [0.15, 0.2) is 36.5 Å². The van der Waals surface area contributed by atoms with Gasteiger partial charge >= 0.3 is 0 Å². The molecular weight excluding hydrogens is 304 g/mol. The number of anilines is 1. The molecular formula is C17H14N6O. The number of aromatic nitrogens is 4. The number of carbonyl (C=O) groups is 1. The van der Waals surface area contributed by atoms with Crippen LogP contribution in [0.25, 0.3) is 32.9 Å². The van der Waals surface area contributed by atoms with Crippen molar-refractivity contribution in [3.8, 4) is 11.1 Å². The molecule has 0 aliphatic carbocycles. The van der Waals surface area contributed by atoms with Crippen LogP contribution in [0.1, 0.15) is 16.1 Å². The Morgan fingerprint density at radius 1 is 1.17 bits per heavy atom. The molecule has 0 saturated heterocycles. The van der Waals surface area contributed by atoms with Crippen molar-refractivity contribution in [3.63, 3.8) is 0 Å². The number of rotatable bonds is 2. The van der Waals surface area contributed by atoms with Gasteiger partial charge in [0.05, 0.1) is 17.4 Å². The van der Waals surface area contributed by atoms with Gasteiger partial charge in [0, 0.05) is 16.3 Å². The molecule has 2 aromatic heterocycles. The molecule has 5 N–H and O–H groups in total. The van der Waals surface area contributed by atoms with Crippen molar-refractivity contribution in [3.05, 3.63) is 47.8 Å². The second-order valence-corrected chi connectivity index (χ2v) is 5.65. The molecule has 0 spiro atoms. The maximum Gasteiger partial charge on any atom is 0.271 e. The molecule has 7 nitrogen and oxygen atoms in total. The Balaban J connectivity index is 2.04. The first-order valence-corrected chi connectivity index (χ1v) is 7.35. The van der Waals surface area contributed by atoms with E-state index in [0.29, 0.717) is 10.9 Å². The predicted molar refractivity (Wildman–Crippen MR) is 92.3 cm³/mol. The van der Waals surface area contributed by atoms with Gasteiger partial charge in [0.15, 0.2) is 5.69 Å². The molecule has 1 amide bonds. The molecule has 4 aromatic rings. The Kier molecular flexibility index (Phi) is 2.96. The number of nitrogens with one attached hydrogen (secondary N) is 1. The van der Waals surface area contributed by atoms with Crippen molar-refractivity contribution in [1.82, 2.24) is 20.4 Å². The summed E-state index contributed by atoms with van der Waals surface area (Å²) in [5, 5.41) is 16.8. The van der Waals surface area contributed by atoms with Crippen LogP contribution in [0.3, 0.4) is 0 Å². The number of nitrogen functional groups attached to an aromatic ring is 1. The lowest BCUT2D eigenvalue weighted by Crippen LogP contribution is -2.16. The molecule has 0 saturated carbocycles. The summed E-state index contributed by atoms with van der Waals surface area (Å²) in [4.78, 5) is 11.4. The van der Waals surface area contributed by atoms with Gasteiger partial charge in [0.2, 0.25) is 0 Å². The van der Waals surface area contributed by atoms with E-state index in [-0.39, 0.29) is 11.4 Å². The van der Waals surface area contributed by atoms with E-state index in [2.05, 4.69) is 20.4 Å². The Hall–Kier alpha value is -3.48. The molecule has 0 unspecified atom stereocenters. The van der Waals surface area contributed by atoms with Crippen LogP contribution in [-0.4, -0.2) is 26.3 Å². The van der Waals surface area contributed by atoms with Crippen molar-refractivity contribution in [2.75, 3.05) is 5.73 Å². The highest BCUT2D eigenvalue weighted by Gasteiger charge is 2.16. The fourth-order valence-electron chi connectivity index (χ4n) is 2.94. The molecule has 2 aromatic carbocycles. The van der Waals surface area contributed by atoms with Gasteiger partial charge in [0.1, 0.15) is 5.52 Å². The van der Waals surface area contributed by atoms with Crippen molar-refractivity contribution >= 4 is 33.4 Å². The van der Waals surface area contributed by atoms with E-state index in [9.17, 15) is 4.79 Å². The van der Waals surface area contributed by atoms with Gasteiger partial charge in [-0.25, -0.2) is 0 Å². The fraction of sp³-hybridized carbons (Fsp3) is 0.0588. The van der Waals surface area contributed by atoms with E-state index < -0.39 is 5.91 Å². The third-order valence-electron chi connectivity index (χ3n) is 4.14. The number of H-pyrrole nitrogens is 1. The smallest absolute Gasteiger partial charge is 0.271 e. The summed E-state index contributed by atoms with van der Waals surface area (Å²) in [7, 11) is 0. The maximum absolute atomic E-state index is 11.4. The van der Waals surface area contributed by atoms with Crippen LogP contribution in [-0.2, 0) is 0 Å². The third kappa shape index (κ3) is 1.98. The molecule has 4 rings (SSSR count). The summed E-state index contributed by atoms with van der Waals surface area (Å²) in [5.41, 5.74) is 16.2. The van der Waals surface area contributed by atoms with Gasteiger partial charge in [0.25, 0.3) is 5.91 Å². The minimum absolute atomic E-state index is 0.0124. The number of aryl methyl sites for hydroxylation is 1. The minimum atomic E-state index is -0.691. The number of nitrogens with two attached hydrogens (primary N) is 2. The number of hydrogen-bond donors (Lipinski definition) is 3. The van der Waals surface area contributed by atoms with Gasteiger partial charge in [-0.2, -0.15) is 5.10 Å². The standard InChI is InChI=1S/C17H14N6O/c1-8-5-13-9(7-20-21-13)6-12(8)10-3-2-4-11-14(18)16(17(19)24)23-22-15(10)11/h2-7H,1H3,(H2,18,22)(H2,19,24)(H,20,21). The molecule has 0 bridgehead atoms. The number of amides is 1. The zero-order valence-corrected chi connectivity index (χ0v) is 12.9. The summed E-state index contributed by atoms with van der Waals surface area (Å²) in [5.74, 6) is -0.691. The average molecular weight is 318 g/mol. The highest BCUT2D eigenvalue weighted by Crippen LogP contribution is 2.34. The molecule has 0 radical (unpaired) electrons. The van der Waals surface area contributed by atoms with Crippen LogP contribution >= 0.6 is 0 Å². The largest absolute Gasteiger partial charge is 0.396 e. The van der Waals surface area contributed by atoms with Gasteiger partial charge in [-0.05, 0) is 30.2 Å². The molecule has 118 valence electrons. The van der Waals surface area contributed by atoms with Crippen LogP contribution in [0.2, 0.25) is 0 Å². The van der Waals surface area contributed by atoms with Gasteiger partial charge < -0.3 is 11.5 Å². The summed E-state index contributed by atoms with van der Waals surface area (Å²) in [6, 6.07) is 9.71. The SMILES string of the molecule is Cc1cc2[nH]ncc2cc1-c1cccc2c(N)c(C(N)=O)nnc12. The van der Waals surface area contributed by atoms with E-state index in [0.717, 1.165) is 27.6 Å². The molecule has 7 heteroatoms. The van der Waals surface area contributed by atoms with E-state index in [1.807, 2.05) is 31.2 Å². The molecule has 0 fully saturated rings. The van der Waals surface area contributed by atoms with Gasteiger partial charge in [-0.15, -0.1) is 10.2 Å². The number of carbonyl (C=O) groups excluding carboxylic acids is 1. The Bertz CT molecular complexity index is 1110. The Morgan fingerprint density at radius 3 is 2.79 bits per heavy atom. The quantitative estimate of drug-likeness (QED) is 0.522. The summed E-state index contributed by atoms with van der Waals surface area (Å²) in [6.07, 6.45) is 1.77. The van der Waals surface area contributed by atoms with Crippen LogP contribution in [0.4, 0.5) is 5.69 Å². The minimum Gasteiger partial charge on any atom is -0.396 e. The molecule has 0 aliphatic rings. The number of primary amides is 1. The van der Waals surface area contributed by atoms with Crippen molar-refractivity contribution in [2.24, 2.45) is 5.73 Å². The first-order valence-electron chi connectivity index (χ1n) is 7.35. The van der Waals surface area contributed by atoms with E-state index in [1.165, 1.54) is 0 Å². The Labute approximate surface area is 136 Å². The lowest BCUT2D eigenvalue weighted by atomic mass is 9.96. The number of fused-ring (bicyclic) bond motifs is 2. The fourth-order valence-corrected chi connectivity index (χ4v) is 2.94. The number of benzene rings is 2. The van der Waals surface area contributed by atoms with E-state index in [1.54, 1.807) is 12.3 Å². The van der Waals surface area contributed by atoms with Crippen molar-refractivity contribution in [2.45, 2.75) is 6.92 Å². The summed E-state index contributed by atoms with van der Waals surface area (Å²) in [6.45, 7) is 2.02. The topological polar surface area (TPSA) is 124 Å². The van der Waals surface area contributed by atoms with Crippen LogP contribution in [0.5, 0.6) is 0 Å². The average Bonchev–Trinajstić information content (AvgIpc) is 3.01. The number of nitrogens with zero attached hydrogens (tertiary/aromatic N) is 3. The van der Waals surface area contributed by atoms with Crippen LogP contribution < -0.4 is 11.5 Å². The maximum atomic E-state index is 11.4. The molecule has 24 heavy (non-hydrogen) atoms. The zero-order valence-electron chi connectivity index (χ0n) is 12.9. The van der Waals surface area contributed by atoms with Gasteiger partial charge in [-0.3, -0.25) is 9.89 Å². The van der Waals surface area contributed by atoms with Gasteiger partial charge in [-0.1, -0.05) is 18.2 Å². The number of hydrogen-bond acceptors (Lipinski definition) is 5.